The Morgan fingerprint density at radius 2 is 1.92 bits per heavy atom. The highest BCUT2D eigenvalue weighted by atomic mass is 16.5. The molecule has 1 aromatic rings. The predicted octanol–water partition coefficient (Wildman–Crippen LogP) is 0.916. The third-order valence-electron chi connectivity index (χ3n) is 5.22. The van der Waals surface area contributed by atoms with Gasteiger partial charge in [-0.25, -0.2) is 0 Å². The van der Waals surface area contributed by atoms with E-state index in [9.17, 15) is 9.59 Å². The van der Waals surface area contributed by atoms with Crippen LogP contribution in [0, 0.1) is 5.92 Å². The van der Waals surface area contributed by atoms with Gasteiger partial charge >= 0.3 is 0 Å². The highest BCUT2D eigenvalue weighted by molar-refractivity contribution is 5.83. The van der Waals surface area contributed by atoms with Gasteiger partial charge in [-0.2, -0.15) is 0 Å². The van der Waals surface area contributed by atoms with Crippen LogP contribution in [0.1, 0.15) is 18.4 Å². The van der Waals surface area contributed by atoms with Crippen molar-refractivity contribution in [3.05, 3.63) is 35.9 Å². The molecule has 2 heterocycles. The molecule has 1 aromatic carbocycles. The highest BCUT2D eigenvalue weighted by Crippen LogP contribution is 2.18. The summed E-state index contributed by atoms with van der Waals surface area (Å²) in [5.41, 5.74) is 1.22. The minimum absolute atomic E-state index is 0.0739. The first-order chi connectivity index (χ1) is 12.7. The Morgan fingerprint density at radius 3 is 2.69 bits per heavy atom. The van der Waals surface area contributed by atoms with E-state index in [-0.39, 0.29) is 17.7 Å². The van der Waals surface area contributed by atoms with Gasteiger partial charge in [0.15, 0.2) is 0 Å². The number of carbonyl (C=O) groups excluding carboxylic acids is 2. The number of carbonyl (C=O) groups is 2. The Labute approximate surface area is 155 Å². The lowest BCUT2D eigenvalue weighted by molar-refractivity contribution is -0.138. The van der Waals surface area contributed by atoms with Crippen molar-refractivity contribution < 1.29 is 14.3 Å². The van der Waals surface area contributed by atoms with Crippen LogP contribution in [0.3, 0.4) is 0 Å². The van der Waals surface area contributed by atoms with Crippen molar-refractivity contribution in [2.24, 2.45) is 5.92 Å². The number of piperidine rings is 1. The number of nitrogens with one attached hydrogen (secondary N) is 1. The number of amides is 2. The van der Waals surface area contributed by atoms with E-state index in [0.717, 1.165) is 39.3 Å². The molecule has 1 N–H and O–H groups in total. The second-order valence-corrected chi connectivity index (χ2v) is 7.06. The Hall–Kier alpha value is -1.92. The maximum absolute atomic E-state index is 12.5. The molecule has 6 nitrogen and oxygen atoms in total. The fourth-order valence-corrected chi connectivity index (χ4v) is 3.55. The van der Waals surface area contributed by atoms with E-state index < -0.39 is 0 Å². The molecule has 26 heavy (non-hydrogen) atoms. The molecule has 6 heteroatoms. The van der Waals surface area contributed by atoms with E-state index >= 15 is 0 Å². The number of likely N-dealkylation sites (tertiary alicyclic amines) is 1. The Morgan fingerprint density at radius 1 is 1.15 bits per heavy atom. The zero-order valence-corrected chi connectivity index (χ0v) is 15.4. The van der Waals surface area contributed by atoms with Gasteiger partial charge in [-0.3, -0.25) is 14.5 Å². The molecule has 1 atom stereocenters. The summed E-state index contributed by atoms with van der Waals surface area (Å²) in [5, 5.41) is 3.04. The average molecular weight is 359 g/mol. The molecule has 0 radical (unpaired) electrons. The summed E-state index contributed by atoms with van der Waals surface area (Å²) in [6.45, 7) is 6.11. The first kappa shape index (κ1) is 18.9. The molecular weight excluding hydrogens is 330 g/mol. The van der Waals surface area contributed by atoms with E-state index in [1.165, 1.54) is 5.56 Å². The predicted molar refractivity (Wildman–Crippen MR) is 99.7 cm³/mol. The molecule has 0 spiro atoms. The van der Waals surface area contributed by atoms with E-state index in [1.54, 1.807) is 0 Å². The number of rotatable bonds is 7. The summed E-state index contributed by atoms with van der Waals surface area (Å²) in [7, 11) is 0. The first-order valence-electron chi connectivity index (χ1n) is 9.62. The van der Waals surface area contributed by atoms with Gasteiger partial charge in [0.05, 0.1) is 19.1 Å². The molecule has 3 rings (SSSR count). The minimum atomic E-state index is -0.0897. The van der Waals surface area contributed by atoms with Crippen molar-refractivity contribution in [1.29, 1.82) is 0 Å². The molecule has 0 aromatic heterocycles. The first-order valence-corrected chi connectivity index (χ1v) is 9.62. The van der Waals surface area contributed by atoms with Crippen molar-refractivity contribution in [2.45, 2.75) is 19.3 Å². The third-order valence-corrected chi connectivity index (χ3v) is 5.22. The minimum Gasteiger partial charge on any atom is -0.379 e. The second-order valence-electron chi connectivity index (χ2n) is 7.06. The summed E-state index contributed by atoms with van der Waals surface area (Å²) in [6.07, 6.45) is 1.96. The standard InChI is InChI=1S/C20H29N3O3/c24-19-7-6-18(16-23(19)11-10-22-12-14-26-15-13-22)20(25)21-9-8-17-4-2-1-3-5-17/h1-5,18H,6-16H2,(H,21,25). The summed E-state index contributed by atoms with van der Waals surface area (Å²) < 4.78 is 5.36. The van der Waals surface area contributed by atoms with E-state index in [2.05, 4.69) is 22.3 Å². The molecule has 2 amide bonds. The summed E-state index contributed by atoms with van der Waals surface area (Å²) in [6, 6.07) is 10.1. The Balaban J connectivity index is 1.41. The molecule has 2 aliphatic heterocycles. The van der Waals surface area contributed by atoms with Crippen molar-refractivity contribution in [1.82, 2.24) is 15.1 Å². The van der Waals surface area contributed by atoms with Crippen LogP contribution in [0.5, 0.6) is 0 Å². The smallest absolute Gasteiger partial charge is 0.224 e. The van der Waals surface area contributed by atoms with Crippen LogP contribution < -0.4 is 5.32 Å². The van der Waals surface area contributed by atoms with Gasteiger partial charge in [0.2, 0.25) is 11.8 Å². The number of hydrogen-bond donors (Lipinski definition) is 1. The Bertz CT molecular complexity index is 587. The monoisotopic (exact) mass is 359 g/mol. The van der Waals surface area contributed by atoms with Crippen molar-refractivity contribution >= 4 is 11.8 Å². The number of ether oxygens (including phenoxy) is 1. The Kier molecular flexibility index (Phi) is 7.03. The zero-order chi connectivity index (χ0) is 18.2. The highest BCUT2D eigenvalue weighted by Gasteiger charge is 2.30. The van der Waals surface area contributed by atoms with Crippen LogP contribution in [0.25, 0.3) is 0 Å². The summed E-state index contributed by atoms with van der Waals surface area (Å²) in [4.78, 5) is 28.8. The van der Waals surface area contributed by atoms with Crippen LogP contribution >= 0.6 is 0 Å². The van der Waals surface area contributed by atoms with Crippen LogP contribution in [0.4, 0.5) is 0 Å². The normalized spacial score (nSPS) is 21.6. The lowest BCUT2D eigenvalue weighted by Crippen LogP contribution is -2.49. The fourth-order valence-electron chi connectivity index (χ4n) is 3.55. The number of benzene rings is 1. The van der Waals surface area contributed by atoms with E-state index in [1.807, 2.05) is 23.1 Å². The summed E-state index contributed by atoms with van der Waals surface area (Å²) >= 11 is 0. The van der Waals surface area contributed by atoms with E-state index in [4.69, 9.17) is 4.74 Å². The molecule has 142 valence electrons. The topological polar surface area (TPSA) is 61.9 Å². The van der Waals surface area contributed by atoms with Crippen LogP contribution in [-0.4, -0.2) is 74.1 Å². The zero-order valence-electron chi connectivity index (χ0n) is 15.4. The average Bonchev–Trinajstić information content (AvgIpc) is 2.69. The number of nitrogens with zero attached hydrogens (tertiary/aromatic N) is 2. The molecule has 0 aliphatic carbocycles. The van der Waals surface area contributed by atoms with Crippen LogP contribution in [0.2, 0.25) is 0 Å². The van der Waals surface area contributed by atoms with Gasteiger partial charge in [0, 0.05) is 45.7 Å². The SMILES string of the molecule is O=C(NCCc1ccccc1)C1CCC(=O)N(CCN2CCOCC2)C1. The van der Waals surface area contributed by atoms with Crippen molar-refractivity contribution in [3.63, 3.8) is 0 Å². The maximum atomic E-state index is 12.5. The molecule has 2 fully saturated rings. The van der Waals surface area contributed by atoms with Gasteiger partial charge in [0.25, 0.3) is 0 Å². The molecule has 1 unspecified atom stereocenters. The van der Waals surface area contributed by atoms with Crippen LogP contribution in [-0.2, 0) is 20.7 Å². The van der Waals surface area contributed by atoms with Crippen LogP contribution in [0.15, 0.2) is 30.3 Å². The number of morpholine rings is 1. The number of hydrogen-bond acceptors (Lipinski definition) is 4. The van der Waals surface area contributed by atoms with Gasteiger partial charge < -0.3 is 15.0 Å². The molecule has 2 aliphatic rings. The van der Waals surface area contributed by atoms with Gasteiger partial charge in [-0.1, -0.05) is 30.3 Å². The van der Waals surface area contributed by atoms with Gasteiger partial charge in [0.1, 0.15) is 0 Å². The largest absolute Gasteiger partial charge is 0.379 e. The van der Waals surface area contributed by atoms with Gasteiger partial charge in [-0.05, 0) is 18.4 Å². The van der Waals surface area contributed by atoms with Crippen molar-refractivity contribution in [3.8, 4) is 0 Å². The summed E-state index contributed by atoms with van der Waals surface area (Å²) in [5.74, 6) is 0.157. The fraction of sp³-hybridized carbons (Fsp3) is 0.600. The third kappa shape index (κ3) is 5.54. The molecule has 2 saturated heterocycles. The molecular formula is C20H29N3O3. The van der Waals surface area contributed by atoms with Crippen molar-refractivity contribution in [2.75, 3.05) is 52.5 Å². The maximum Gasteiger partial charge on any atom is 0.224 e. The molecule has 0 bridgehead atoms. The lowest BCUT2D eigenvalue weighted by Gasteiger charge is -2.34. The van der Waals surface area contributed by atoms with Gasteiger partial charge in [-0.15, -0.1) is 0 Å². The second kappa shape index (κ2) is 9.69. The quantitative estimate of drug-likeness (QED) is 0.786. The molecule has 0 saturated carbocycles. The lowest BCUT2D eigenvalue weighted by atomic mass is 9.96. The van der Waals surface area contributed by atoms with E-state index in [0.29, 0.717) is 32.5 Å².